The molecule has 2 atom stereocenters. The van der Waals surface area contributed by atoms with Gasteiger partial charge in [-0.05, 0) is 45.1 Å². The van der Waals surface area contributed by atoms with Crippen LogP contribution in [0.25, 0.3) is 0 Å². The van der Waals surface area contributed by atoms with Crippen LogP contribution in [0, 0.1) is 5.92 Å². The lowest BCUT2D eigenvalue weighted by Gasteiger charge is -2.35. The summed E-state index contributed by atoms with van der Waals surface area (Å²) < 4.78 is 0. The Hall–Kier alpha value is -1.14. The Kier molecular flexibility index (Phi) is 8.16. The van der Waals surface area contributed by atoms with Crippen LogP contribution in [0.3, 0.4) is 0 Å². The summed E-state index contributed by atoms with van der Waals surface area (Å²) in [5.74, 6) is 2.19. The Morgan fingerprint density at radius 3 is 2.84 bits per heavy atom. The van der Waals surface area contributed by atoms with Gasteiger partial charge in [-0.2, -0.15) is 0 Å². The van der Waals surface area contributed by atoms with Gasteiger partial charge in [0.25, 0.3) is 0 Å². The van der Waals surface area contributed by atoms with E-state index in [-0.39, 0.29) is 0 Å². The number of nitrogens with zero attached hydrogens (tertiary/aromatic N) is 3. The fraction of sp³-hybridized carbons (Fsp3) is 0.789. The molecule has 25 heavy (non-hydrogen) atoms. The summed E-state index contributed by atoms with van der Waals surface area (Å²) >= 11 is 1.70. The highest BCUT2D eigenvalue weighted by Crippen LogP contribution is 2.18. The molecule has 1 fully saturated rings. The molecule has 1 aliphatic rings. The molecule has 0 spiro atoms. The van der Waals surface area contributed by atoms with Crippen LogP contribution in [0.4, 0.5) is 0 Å². The Balaban J connectivity index is 1.86. The van der Waals surface area contributed by atoms with Crippen LogP contribution in [0.2, 0.25) is 0 Å². The molecule has 0 radical (unpaired) electrons. The first-order valence-corrected chi connectivity index (χ1v) is 10.6. The summed E-state index contributed by atoms with van der Waals surface area (Å²) in [5, 5.41) is 10.1. The molecular weight excluding hydrogens is 330 g/mol. The van der Waals surface area contributed by atoms with E-state index < -0.39 is 0 Å². The summed E-state index contributed by atoms with van der Waals surface area (Å²) in [6.45, 7) is 16.0. The Bertz CT molecular complexity index is 540. The van der Waals surface area contributed by atoms with E-state index in [0.717, 1.165) is 30.0 Å². The van der Waals surface area contributed by atoms with Crippen LogP contribution >= 0.6 is 11.3 Å². The summed E-state index contributed by atoms with van der Waals surface area (Å²) in [4.78, 5) is 12.0. The third kappa shape index (κ3) is 6.59. The van der Waals surface area contributed by atoms with Crippen LogP contribution < -0.4 is 10.6 Å². The molecule has 0 amide bonds. The van der Waals surface area contributed by atoms with Gasteiger partial charge in [0.15, 0.2) is 5.96 Å². The summed E-state index contributed by atoms with van der Waals surface area (Å²) in [6.07, 6.45) is 2.69. The van der Waals surface area contributed by atoms with Gasteiger partial charge in [0, 0.05) is 31.1 Å². The minimum atomic E-state index is 0.480. The van der Waals surface area contributed by atoms with Crippen molar-refractivity contribution in [2.45, 2.75) is 66.0 Å². The number of hydrogen-bond acceptors (Lipinski definition) is 4. The van der Waals surface area contributed by atoms with Gasteiger partial charge < -0.3 is 10.6 Å². The Labute approximate surface area is 157 Å². The predicted molar refractivity (Wildman–Crippen MR) is 108 cm³/mol. The van der Waals surface area contributed by atoms with E-state index in [1.807, 2.05) is 0 Å². The zero-order chi connectivity index (χ0) is 18.2. The van der Waals surface area contributed by atoms with Gasteiger partial charge in [-0.1, -0.05) is 20.8 Å². The highest BCUT2D eigenvalue weighted by Gasteiger charge is 2.20. The number of thiazole rings is 1. The SMILES string of the molecule is CCNC(=NCc1nc(C(C)C)cs1)NCC(C)N1CCCC(C)C1. The minimum absolute atomic E-state index is 0.480. The predicted octanol–water partition coefficient (Wildman–Crippen LogP) is 3.44. The van der Waals surface area contributed by atoms with E-state index in [1.165, 1.54) is 31.6 Å². The lowest BCUT2D eigenvalue weighted by atomic mass is 9.99. The van der Waals surface area contributed by atoms with E-state index in [4.69, 9.17) is 4.99 Å². The summed E-state index contributed by atoms with van der Waals surface area (Å²) in [7, 11) is 0. The first-order chi connectivity index (χ1) is 12.0. The zero-order valence-electron chi connectivity index (χ0n) is 16.5. The number of hydrogen-bond donors (Lipinski definition) is 2. The van der Waals surface area contributed by atoms with Crippen LogP contribution in [0.15, 0.2) is 10.4 Å². The molecule has 1 aliphatic heterocycles. The van der Waals surface area contributed by atoms with Crippen LogP contribution in [0.1, 0.15) is 64.1 Å². The van der Waals surface area contributed by atoms with Crippen LogP contribution in [0.5, 0.6) is 0 Å². The van der Waals surface area contributed by atoms with E-state index in [2.05, 4.69) is 60.5 Å². The van der Waals surface area contributed by atoms with Gasteiger partial charge in [-0.15, -0.1) is 11.3 Å². The fourth-order valence-electron chi connectivity index (χ4n) is 3.15. The molecule has 0 saturated carbocycles. The largest absolute Gasteiger partial charge is 0.357 e. The standard InChI is InChI=1S/C19H35N5S/c1-6-20-19(22-11-18-23-17(13-25-18)14(2)3)21-10-16(5)24-9-7-8-15(4)12-24/h13-16H,6-12H2,1-5H3,(H2,20,21,22). The van der Waals surface area contributed by atoms with Crippen molar-refractivity contribution in [3.8, 4) is 0 Å². The van der Waals surface area contributed by atoms with Gasteiger partial charge >= 0.3 is 0 Å². The van der Waals surface area contributed by atoms with Gasteiger partial charge in [0.1, 0.15) is 5.01 Å². The monoisotopic (exact) mass is 365 g/mol. The highest BCUT2D eigenvalue weighted by atomic mass is 32.1. The molecule has 6 heteroatoms. The van der Waals surface area contributed by atoms with Gasteiger partial charge in [-0.25, -0.2) is 9.98 Å². The molecule has 142 valence electrons. The fourth-order valence-corrected chi connectivity index (χ4v) is 4.03. The van der Waals surface area contributed by atoms with Crippen molar-refractivity contribution >= 4 is 17.3 Å². The number of guanidine groups is 1. The molecule has 0 bridgehead atoms. The van der Waals surface area contributed by atoms with E-state index in [1.54, 1.807) is 11.3 Å². The number of likely N-dealkylation sites (tertiary alicyclic amines) is 1. The minimum Gasteiger partial charge on any atom is -0.357 e. The average molecular weight is 366 g/mol. The summed E-state index contributed by atoms with van der Waals surface area (Å²) in [5.41, 5.74) is 1.17. The van der Waals surface area contributed by atoms with Crippen LogP contribution in [-0.2, 0) is 6.54 Å². The van der Waals surface area contributed by atoms with E-state index in [9.17, 15) is 0 Å². The molecule has 1 aromatic heterocycles. The number of aliphatic imine (C=N–C) groups is 1. The molecule has 0 aliphatic carbocycles. The van der Waals surface area contributed by atoms with Gasteiger partial charge in [-0.3, -0.25) is 4.90 Å². The maximum atomic E-state index is 4.71. The topological polar surface area (TPSA) is 52.6 Å². The number of rotatable bonds is 7. The quantitative estimate of drug-likeness (QED) is 0.574. The van der Waals surface area contributed by atoms with Crippen molar-refractivity contribution in [1.82, 2.24) is 20.5 Å². The summed E-state index contributed by atoms with van der Waals surface area (Å²) in [6, 6.07) is 0.527. The first-order valence-electron chi connectivity index (χ1n) is 9.70. The molecular formula is C19H35N5S. The van der Waals surface area contributed by atoms with Crippen molar-refractivity contribution < 1.29 is 0 Å². The molecule has 2 N–H and O–H groups in total. The van der Waals surface area contributed by atoms with Crippen molar-refractivity contribution in [3.63, 3.8) is 0 Å². The molecule has 2 heterocycles. The van der Waals surface area contributed by atoms with Crippen molar-refractivity contribution in [3.05, 3.63) is 16.1 Å². The Morgan fingerprint density at radius 1 is 1.40 bits per heavy atom. The van der Waals surface area contributed by atoms with Crippen molar-refractivity contribution in [2.75, 3.05) is 26.2 Å². The number of aromatic nitrogens is 1. The van der Waals surface area contributed by atoms with Crippen LogP contribution in [-0.4, -0.2) is 48.1 Å². The van der Waals surface area contributed by atoms with Gasteiger partial charge in [0.2, 0.25) is 0 Å². The van der Waals surface area contributed by atoms with Gasteiger partial charge in [0.05, 0.1) is 12.2 Å². The second-order valence-corrected chi connectivity index (χ2v) is 8.43. The average Bonchev–Trinajstić information content (AvgIpc) is 3.06. The molecule has 0 aromatic carbocycles. The first kappa shape index (κ1) is 20.2. The second kappa shape index (κ2) is 10.1. The lowest BCUT2D eigenvalue weighted by molar-refractivity contribution is 0.139. The normalized spacial score (nSPS) is 20.7. The number of nitrogens with one attached hydrogen (secondary N) is 2. The lowest BCUT2D eigenvalue weighted by Crippen LogP contribution is -2.48. The third-order valence-electron chi connectivity index (χ3n) is 4.75. The maximum Gasteiger partial charge on any atom is 0.191 e. The molecule has 5 nitrogen and oxygen atoms in total. The highest BCUT2D eigenvalue weighted by molar-refractivity contribution is 7.09. The zero-order valence-corrected chi connectivity index (χ0v) is 17.3. The number of piperidine rings is 1. The second-order valence-electron chi connectivity index (χ2n) is 7.49. The molecule has 1 aromatic rings. The Morgan fingerprint density at radius 2 is 2.20 bits per heavy atom. The maximum absolute atomic E-state index is 4.71. The molecule has 1 saturated heterocycles. The third-order valence-corrected chi connectivity index (χ3v) is 5.61. The van der Waals surface area contributed by atoms with Crippen molar-refractivity contribution in [2.24, 2.45) is 10.9 Å². The smallest absolute Gasteiger partial charge is 0.191 e. The van der Waals surface area contributed by atoms with E-state index in [0.29, 0.717) is 18.5 Å². The molecule has 2 rings (SSSR count). The molecule has 2 unspecified atom stereocenters. The van der Waals surface area contributed by atoms with Crippen molar-refractivity contribution in [1.29, 1.82) is 0 Å². The van der Waals surface area contributed by atoms with E-state index >= 15 is 0 Å².